The molecule has 0 saturated heterocycles. The van der Waals surface area contributed by atoms with Gasteiger partial charge in [-0.15, -0.1) is 0 Å². The van der Waals surface area contributed by atoms with Gasteiger partial charge in [-0.2, -0.15) is 0 Å². The molecule has 1 unspecified atom stereocenters. The molecular formula is C22H23N3O6. The highest BCUT2D eigenvalue weighted by Gasteiger charge is 2.17. The molecule has 0 spiro atoms. The van der Waals surface area contributed by atoms with E-state index in [1.807, 2.05) is 13.8 Å². The van der Waals surface area contributed by atoms with Gasteiger partial charge in [0.15, 0.2) is 11.5 Å². The molecule has 0 saturated carbocycles. The quantitative estimate of drug-likeness (QED) is 0.423. The first-order chi connectivity index (χ1) is 14.8. The van der Waals surface area contributed by atoms with Crippen molar-refractivity contribution in [1.82, 2.24) is 10.5 Å². The van der Waals surface area contributed by atoms with E-state index in [2.05, 4.69) is 10.5 Å². The average molecular weight is 425 g/mol. The molecule has 31 heavy (non-hydrogen) atoms. The molecule has 1 N–H and O–H groups in total. The summed E-state index contributed by atoms with van der Waals surface area (Å²) in [6.45, 7) is 5.66. The van der Waals surface area contributed by atoms with E-state index in [4.69, 9.17) is 14.0 Å². The number of benzene rings is 2. The van der Waals surface area contributed by atoms with Crippen LogP contribution >= 0.6 is 0 Å². The number of nitrogens with one attached hydrogen (secondary N) is 1. The molecule has 1 atom stereocenters. The lowest BCUT2D eigenvalue weighted by molar-refractivity contribution is -0.384. The van der Waals surface area contributed by atoms with E-state index < -0.39 is 11.0 Å². The molecule has 0 bridgehead atoms. The van der Waals surface area contributed by atoms with Crippen LogP contribution in [0.25, 0.3) is 0 Å². The molecule has 0 radical (unpaired) electrons. The van der Waals surface area contributed by atoms with Crippen molar-refractivity contribution >= 4 is 11.6 Å². The number of carbonyl (C=O) groups is 1. The molecule has 1 amide bonds. The number of nitro benzene ring substituents is 1. The Kier molecular flexibility index (Phi) is 6.54. The lowest BCUT2D eigenvalue weighted by Gasteiger charge is -2.16. The first-order valence-electron chi connectivity index (χ1n) is 9.58. The van der Waals surface area contributed by atoms with Crippen LogP contribution in [0, 0.1) is 24.0 Å². The average Bonchev–Trinajstić information content (AvgIpc) is 3.09. The van der Waals surface area contributed by atoms with Crippen molar-refractivity contribution in [3.05, 3.63) is 80.7 Å². The van der Waals surface area contributed by atoms with Gasteiger partial charge in [0, 0.05) is 17.7 Å². The molecular weight excluding hydrogens is 402 g/mol. The monoisotopic (exact) mass is 425 g/mol. The van der Waals surface area contributed by atoms with Crippen molar-refractivity contribution in [1.29, 1.82) is 0 Å². The number of aromatic nitrogens is 1. The van der Waals surface area contributed by atoms with Gasteiger partial charge < -0.3 is 19.3 Å². The Morgan fingerprint density at radius 2 is 2.00 bits per heavy atom. The second kappa shape index (κ2) is 9.29. The highest BCUT2D eigenvalue weighted by molar-refractivity contribution is 5.95. The third kappa shape index (κ3) is 5.00. The summed E-state index contributed by atoms with van der Waals surface area (Å²) in [4.78, 5) is 23.2. The van der Waals surface area contributed by atoms with Crippen LogP contribution in [0.5, 0.6) is 11.5 Å². The Hall–Kier alpha value is -3.88. The van der Waals surface area contributed by atoms with Gasteiger partial charge in [0.1, 0.15) is 12.4 Å². The normalized spacial score (nSPS) is 11.6. The van der Waals surface area contributed by atoms with Crippen molar-refractivity contribution in [3.8, 4) is 11.5 Å². The van der Waals surface area contributed by atoms with E-state index in [1.165, 1.54) is 19.2 Å². The molecule has 3 rings (SSSR count). The Bertz CT molecular complexity index is 1090. The number of aryl methyl sites for hydroxylation is 2. The maximum absolute atomic E-state index is 12.7. The van der Waals surface area contributed by atoms with Crippen LogP contribution < -0.4 is 14.8 Å². The Morgan fingerprint density at radius 1 is 1.23 bits per heavy atom. The fourth-order valence-corrected chi connectivity index (χ4v) is 3.06. The Labute approximate surface area is 179 Å². The van der Waals surface area contributed by atoms with Gasteiger partial charge in [0.25, 0.3) is 11.6 Å². The van der Waals surface area contributed by atoms with Gasteiger partial charge in [-0.25, -0.2) is 0 Å². The summed E-state index contributed by atoms with van der Waals surface area (Å²) in [5.41, 5.74) is 2.59. The van der Waals surface area contributed by atoms with Crippen molar-refractivity contribution in [2.24, 2.45) is 0 Å². The summed E-state index contributed by atoms with van der Waals surface area (Å²) in [6.07, 6.45) is 0. The number of nitro groups is 1. The molecule has 2 aromatic carbocycles. The van der Waals surface area contributed by atoms with E-state index in [1.54, 1.807) is 37.3 Å². The third-order valence-electron chi connectivity index (χ3n) is 4.91. The van der Waals surface area contributed by atoms with Gasteiger partial charge in [-0.3, -0.25) is 14.9 Å². The Balaban J connectivity index is 1.71. The molecule has 162 valence electrons. The van der Waals surface area contributed by atoms with Gasteiger partial charge in [-0.05, 0) is 44.5 Å². The zero-order valence-corrected chi connectivity index (χ0v) is 17.7. The lowest BCUT2D eigenvalue weighted by Crippen LogP contribution is -2.26. The maximum Gasteiger partial charge on any atom is 0.269 e. The molecule has 0 aliphatic carbocycles. The summed E-state index contributed by atoms with van der Waals surface area (Å²) >= 11 is 0. The van der Waals surface area contributed by atoms with Gasteiger partial charge >= 0.3 is 0 Å². The highest BCUT2D eigenvalue weighted by atomic mass is 16.6. The zero-order chi connectivity index (χ0) is 22.5. The van der Waals surface area contributed by atoms with Gasteiger partial charge in [0.2, 0.25) is 0 Å². The lowest BCUT2D eigenvalue weighted by atomic mass is 10.1. The van der Waals surface area contributed by atoms with Crippen molar-refractivity contribution in [2.75, 3.05) is 7.11 Å². The summed E-state index contributed by atoms with van der Waals surface area (Å²) in [6, 6.07) is 10.6. The number of amides is 1. The molecule has 9 heteroatoms. The maximum atomic E-state index is 12.7. The molecule has 3 aromatic rings. The third-order valence-corrected chi connectivity index (χ3v) is 4.91. The summed E-state index contributed by atoms with van der Waals surface area (Å²) in [5.74, 6) is 1.23. The number of ether oxygens (including phenoxy) is 2. The predicted molar refractivity (Wildman–Crippen MR) is 112 cm³/mol. The number of rotatable bonds is 8. The summed E-state index contributed by atoms with van der Waals surface area (Å²) < 4.78 is 16.3. The largest absolute Gasteiger partial charge is 0.493 e. The number of nitrogens with zero attached hydrogens (tertiary/aromatic N) is 2. The minimum absolute atomic E-state index is 0.0277. The molecule has 1 aromatic heterocycles. The van der Waals surface area contributed by atoms with Gasteiger partial charge in [0.05, 0.1) is 29.3 Å². The van der Waals surface area contributed by atoms with Gasteiger partial charge in [-0.1, -0.05) is 17.3 Å². The highest BCUT2D eigenvalue weighted by Crippen LogP contribution is 2.30. The van der Waals surface area contributed by atoms with Crippen LogP contribution in [0.15, 0.2) is 47.0 Å². The minimum atomic E-state index is -0.468. The van der Waals surface area contributed by atoms with Crippen LogP contribution in [0.2, 0.25) is 0 Å². The first kappa shape index (κ1) is 21.8. The molecule has 0 aliphatic rings. The second-order valence-corrected chi connectivity index (χ2v) is 7.00. The van der Waals surface area contributed by atoms with Crippen molar-refractivity contribution < 1.29 is 23.7 Å². The standard InChI is InChI=1S/C22H23N3O6/c1-13(16-6-5-7-18(10-16)25(27)28)23-22(26)17-8-9-20(21(11-17)29-4)30-12-19-14(2)24-31-15(19)3/h5-11,13H,12H2,1-4H3,(H,23,26). The van der Waals surface area contributed by atoms with E-state index >= 15 is 0 Å². The Morgan fingerprint density at radius 3 is 2.65 bits per heavy atom. The van der Waals surface area contributed by atoms with E-state index in [9.17, 15) is 14.9 Å². The smallest absolute Gasteiger partial charge is 0.269 e. The number of hydrogen-bond acceptors (Lipinski definition) is 7. The van der Waals surface area contributed by atoms with Crippen molar-refractivity contribution in [3.63, 3.8) is 0 Å². The van der Waals surface area contributed by atoms with Crippen LogP contribution in [0.4, 0.5) is 5.69 Å². The SMILES string of the molecule is COc1cc(C(=O)NC(C)c2cccc([N+](=O)[O-])c2)ccc1OCc1c(C)noc1C. The zero-order valence-electron chi connectivity index (χ0n) is 17.7. The number of non-ortho nitro benzene ring substituents is 1. The van der Waals surface area contributed by atoms with E-state index in [0.29, 0.717) is 28.4 Å². The summed E-state index contributed by atoms with van der Waals surface area (Å²) in [7, 11) is 1.49. The predicted octanol–water partition coefficient (Wildman–Crippen LogP) is 4.28. The van der Waals surface area contributed by atoms with Crippen molar-refractivity contribution in [2.45, 2.75) is 33.4 Å². The van der Waals surface area contributed by atoms with E-state index in [0.717, 1.165) is 11.3 Å². The fourth-order valence-electron chi connectivity index (χ4n) is 3.06. The molecule has 1 heterocycles. The minimum Gasteiger partial charge on any atom is -0.493 e. The van der Waals surface area contributed by atoms with Crippen LogP contribution in [-0.4, -0.2) is 23.1 Å². The summed E-state index contributed by atoms with van der Waals surface area (Å²) in [5, 5.41) is 17.7. The molecule has 0 aliphatic heterocycles. The second-order valence-electron chi connectivity index (χ2n) is 7.00. The van der Waals surface area contributed by atoms with Crippen LogP contribution in [0.1, 0.15) is 45.9 Å². The number of methoxy groups -OCH3 is 1. The fraction of sp³-hybridized carbons (Fsp3) is 0.273. The number of carbonyl (C=O) groups excluding carboxylic acids is 1. The van der Waals surface area contributed by atoms with Crippen LogP contribution in [0.3, 0.4) is 0 Å². The number of hydrogen-bond donors (Lipinski definition) is 1. The van der Waals surface area contributed by atoms with Crippen LogP contribution in [-0.2, 0) is 6.61 Å². The topological polar surface area (TPSA) is 117 Å². The first-order valence-corrected chi connectivity index (χ1v) is 9.58. The van der Waals surface area contributed by atoms with E-state index in [-0.39, 0.29) is 18.2 Å². The molecule has 9 nitrogen and oxygen atoms in total. The molecule has 0 fully saturated rings.